The fourth-order valence-corrected chi connectivity index (χ4v) is 4.57. The molecule has 0 aliphatic heterocycles. The average Bonchev–Trinajstić information content (AvgIpc) is 3.37. The Bertz CT molecular complexity index is 1350. The number of hydrogen-bond acceptors (Lipinski definition) is 4. The molecule has 0 saturated carbocycles. The van der Waals surface area contributed by atoms with Gasteiger partial charge >= 0.3 is 5.97 Å². The summed E-state index contributed by atoms with van der Waals surface area (Å²) in [5.74, 6) is -0.930. The van der Waals surface area contributed by atoms with Crippen molar-refractivity contribution in [2.45, 2.75) is 20.4 Å². The predicted octanol–water partition coefficient (Wildman–Crippen LogP) is 5.88. The third-order valence-corrected chi connectivity index (χ3v) is 6.34. The lowest BCUT2D eigenvalue weighted by Crippen LogP contribution is -2.22. The van der Waals surface area contributed by atoms with Gasteiger partial charge in [-0.3, -0.25) is 4.79 Å². The quantitative estimate of drug-likeness (QED) is 0.286. The fourth-order valence-electron chi connectivity index (χ4n) is 3.55. The van der Waals surface area contributed by atoms with Crippen LogP contribution in [-0.4, -0.2) is 16.9 Å². The molecule has 0 aliphatic rings. The smallest absolute Gasteiger partial charge is 0.359 e. The highest BCUT2D eigenvalue weighted by atomic mass is 32.1. The lowest BCUT2D eigenvalue weighted by Gasteiger charge is -2.07. The number of halogens is 1. The minimum Gasteiger partial charge on any atom is -0.430 e. The Morgan fingerprint density at radius 3 is 2.75 bits per heavy atom. The van der Waals surface area contributed by atoms with Crippen LogP contribution < -0.4 is 5.32 Å². The van der Waals surface area contributed by atoms with Crippen LogP contribution in [0.1, 0.15) is 36.9 Å². The molecule has 1 amide bonds. The SMILES string of the molecule is C=COC(=O)c1cc2cc(-c3csc(C(=O)NCc4ccc(F)c(C)c4)c3C)ccc2[nH]1. The Morgan fingerprint density at radius 2 is 2.00 bits per heavy atom. The molecule has 0 saturated heterocycles. The van der Waals surface area contributed by atoms with Crippen molar-refractivity contribution in [1.29, 1.82) is 0 Å². The van der Waals surface area contributed by atoms with Crippen molar-refractivity contribution in [3.8, 4) is 11.1 Å². The third-order valence-electron chi connectivity index (χ3n) is 5.26. The van der Waals surface area contributed by atoms with Gasteiger partial charge in [-0.15, -0.1) is 11.3 Å². The summed E-state index contributed by atoms with van der Waals surface area (Å²) < 4.78 is 18.3. The van der Waals surface area contributed by atoms with Crippen LogP contribution in [0.15, 0.2) is 60.7 Å². The maximum absolute atomic E-state index is 13.4. The number of hydrogen-bond donors (Lipinski definition) is 2. The minimum absolute atomic E-state index is 0.169. The van der Waals surface area contributed by atoms with Gasteiger partial charge in [-0.2, -0.15) is 0 Å². The Balaban J connectivity index is 1.54. The first-order chi connectivity index (χ1) is 15.4. The number of ether oxygens (including phenoxy) is 1. The molecule has 2 aromatic carbocycles. The van der Waals surface area contributed by atoms with E-state index in [2.05, 4.69) is 16.9 Å². The topological polar surface area (TPSA) is 71.2 Å². The number of aryl methyl sites for hydroxylation is 1. The van der Waals surface area contributed by atoms with Crippen molar-refractivity contribution in [2.75, 3.05) is 0 Å². The summed E-state index contributed by atoms with van der Waals surface area (Å²) >= 11 is 1.38. The summed E-state index contributed by atoms with van der Waals surface area (Å²) in [6, 6.07) is 12.3. The monoisotopic (exact) mass is 448 g/mol. The average molecular weight is 449 g/mol. The molecule has 5 nitrogen and oxygen atoms in total. The second kappa shape index (κ2) is 8.80. The molecule has 32 heavy (non-hydrogen) atoms. The summed E-state index contributed by atoms with van der Waals surface area (Å²) in [6.07, 6.45) is 1.10. The highest BCUT2D eigenvalue weighted by Gasteiger charge is 2.17. The third kappa shape index (κ3) is 4.20. The predicted molar refractivity (Wildman–Crippen MR) is 124 cm³/mol. The molecule has 2 heterocycles. The van der Waals surface area contributed by atoms with E-state index in [1.165, 1.54) is 17.4 Å². The molecule has 0 aliphatic carbocycles. The van der Waals surface area contributed by atoms with Crippen LogP contribution in [0.25, 0.3) is 22.0 Å². The van der Waals surface area contributed by atoms with Crippen LogP contribution >= 0.6 is 11.3 Å². The molecule has 0 atom stereocenters. The van der Waals surface area contributed by atoms with Crippen LogP contribution in [0.4, 0.5) is 4.39 Å². The maximum Gasteiger partial charge on any atom is 0.359 e. The summed E-state index contributed by atoms with van der Waals surface area (Å²) in [7, 11) is 0. The molecule has 2 aromatic heterocycles. The molecule has 162 valence electrons. The molecule has 2 N–H and O–H groups in total. The first-order valence-electron chi connectivity index (χ1n) is 9.93. The second-order valence-corrected chi connectivity index (χ2v) is 8.31. The summed E-state index contributed by atoms with van der Waals surface area (Å²) in [5.41, 5.74) is 5.32. The zero-order valence-corrected chi connectivity index (χ0v) is 18.4. The number of amides is 1. The van der Waals surface area contributed by atoms with E-state index in [1.807, 2.05) is 30.5 Å². The first-order valence-corrected chi connectivity index (χ1v) is 10.8. The van der Waals surface area contributed by atoms with Crippen LogP contribution in [0.3, 0.4) is 0 Å². The highest BCUT2D eigenvalue weighted by molar-refractivity contribution is 7.12. The van der Waals surface area contributed by atoms with Crippen molar-refractivity contribution >= 4 is 34.1 Å². The number of aromatic nitrogens is 1. The van der Waals surface area contributed by atoms with Gasteiger partial charge < -0.3 is 15.0 Å². The zero-order chi connectivity index (χ0) is 22.8. The van der Waals surface area contributed by atoms with Gasteiger partial charge in [0.15, 0.2) is 0 Å². The molecule has 4 aromatic rings. The van der Waals surface area contributed by atoms with Gasteiger partial charge in [-0.25, -0.2) is 9.18 Å². The van der Waals surface area contributed by atoms with Crippen LogP contribution in [-0.2, 0) is 11.3 Å². The van der Waals surface area contributed by atoms with E-state index < -0.39 is 5.97 Å². The van der Waals surface area contributed by atoms with E-state index >= 15 is 0 Å². The molecule has 7 heteroatoms. The van der Waals surface area contributed by atoms with E-state index in [0.717, 1.165) is 39.4 Å². The Kier molecular flexibility index (Phi) is 5.92. The van der Waals surface area contributed by atoms with E-state index in [-0.39, 0.29) is 11.7 Å². The summed E-state index contributed by atoms with van der Waals surface area (Å²) in [6.45, 7) is 7.33. The van der Waals surface area contributed by atoms with Gasteiger partial charge in [0, 0.05) is 17.4 Å². The number of thiophene rings is 1. The van der Waals surface area contributed by atoms with E-state index in [0.29, 0.717) is 22.7 Å². The van der Waals surface area contributed by atoms with Crippen LogP contribution in [0.5, 0.6) is 0 Å². The standard InChI is InChI=1S/C25H21FN2O3S/c1-4-31-25(30)22-11-18-10-17(6-8-21(18)28-22)19-13-32-23(15(19)3)24(29)27-12-16-5-7-20(26)14(2)9-16/h4-11,13,28H,1,12H2,2-3H3,(H,27,29). The van der Waals surface area contributed by atoms with Gasteiger partial charge in [0.1, 0.15) is 11.5 Å². The van der Waals surface area contributed by atoms with E-state index in [4.69, 9.17) is 4.74 Å². The molecule has 0 unspecified atom stereocenters. The normalized spacial score (nSPS) is 10.8. The number of rotatable bonds is 6. The second-order valence-electron chi connectivity index (χ2n) is 7.43. The molecule has 4 rings (SSSR count). The van der Waals surface area contributed by atoms with Crippen molar-refractivity contribution in [3.05, 3.63) is 93.8 Å². The lowest BCUT2D eigenvalue weighted by molar-refractivity contribution is 0.0658. The number of fused-ring (bicyclic) bond motifs is 1. The van der Waals surface area contributed by atoms with E-state index in [9.17, 15) is 14.0 Å². The van der Waals surface area contributed by atoms with Gasteiger partial charge in [0.2, 0.25) is 0 Å². The number of aromatic amines is 1. The first kappa shape index (κ1) is 21.5. The Labute approximate surface area is 188 Å². The maximum atomic E-state index is 13.4. The molecular formula is C25H21FN2O3S. The summed E-state index contributed by atoms with van der Waals surface area (Å²) in [5, 5.41) is 5.72. The molecule has 0 bridgehead atoms. The zero-order valence-electron chi connectivity index (χ0n) is 17.6. The van der Waals surface area contributed by atoms with Crippen molar-refractivity contribution in [1.82, 2.24) is 10.3 Å². The minimum atomic E-state index is -0.500. The van der Waals surface area contributed by atoms with Crippen molar-refractivity contribution in [2.24, 2.45) is 0 Å². The van der Waals surface area contributed by atoms with Crippen LogP contribution in [0.2, 0.25) is 0 Å². The highest BCUT2D eigenvalue weighted by Crippen LogP contribution is 2.33. The van der Waals surface area contributed by atoms with Crippen molar-refractivity contribution in [3.63, 3.8) is 0 Å². The van der Waals surface area contributed by atoms with Gasteiger partial charge in [-0.05, 0) is 71.3 Å². The molecule has 0 fully saturated rings. The fraction of sp³-hybridized carbons (Fsp3) is 0.120. The lowest BCUT2D eigenvalue weighted by atomic mass is 10.0. The number of nitrogens with one attached hydrogen (secondary N) is 2. The van der Waals surface area contributed by atoms with Crippen LogP contribution in [0, 0.1) is 19.7 Å². The van der Waals surface area contributed by atoms with Gasteiger partial charge in [-0.1, -0.05) is 24.8 Å². The van der Waals surface area contributed by atoms with Gasteiger partial charge in [0.05, 0.1) is 11.1 Å². The number of esters is 1. The van der Waals surface area contributed by atoms with E-state index in [1.54, 1.807) is 25.1 Å². The largest absolute Gasteiger partial charge is 0.430 e. The number of H-pyrrole nitrogens is 1. The number of carbonyl (C=O) groups excluding carboxylic acids is 2. The Hall–Kier alpha value is -3.71. The number of benzene rings is 2. The summed E-state index contributed by atoms with van der Waals surface area (Å²) in [4.78, 5) is 28.3. The Morgan fingerprint density at radius 1 is 1.19 bits per heavy atom. The van der Waals surface area contributed by atoms with Gasteiger partial charge in [0.25, 0.3) is 5.91 Å². The molecule has 0 spiro atoms. The van der Waals surface area contributed by atoms with Crippen molar-refractivity contribution < 1.29 is 18.7 Å². The number of carbonyl (C=O) groups is 2. The molecule has 0 radical (unpaired) electrons. The molecular weight excluding hydrogens is 427 g/mol.